The number of hydrogen-bond donors (Lipinski definition) is 4. The molecule has 0 heterocycles. The summed E-state index contributed by atoms with van der Waals surface area (Å²) in [6.45, 7) is 1.38. The van der Waals surface area contributed by atoms with Crippen LogP contribution in [-0.4, -0.2) is 25.5 Å². The van der Waals surface area contributed by atoms with Crippen LogP contribution in [0.25, 0.3) is 0 Å². The summed E-state index contributed by atoms with van der Waals surface area (Å²) in [7, 11) is -5.74. The van der Waals surface area contributed by atoms with Gasteiger partial charge in [0, 0.05) is 16.1 Å². The summed E-state index contributed by atoms with van der Waals surface area (Å²) in [6.07, 6.45) is 0. The van der Waals surface area contributed by atoms with E-state index < -0.39 is 16.5 Å². The monoisotopic (exact) mass is 298 g/mol. The minimum Gasteiger partial charge on any atom is -0.427 e. The van der Waals surface area contributed by atoms with Gasteiger partial charge in [-0.25, -0.2) is 0 Å². The lowest BCUT2D eigenvalue weighted by Gasteiger charge is -1.97. The van der Waals surface area contributed by atoms with Gasteiger partial charge in [-0.3, -0.25) is 4.79 Å². The fourth-order valence-electron chi connectivity index (χ4n) is 0.655. The molecule has 8 nitrogen and oxygen atoms in total. The summed E-state index contributed by atoms with van der Waals surface area (Å²) in [5, 5.41) is 0. The second-order valence-corrected chi connectivity index (χ2v) is 3.42. The van der Waals surface area contributed by atoms with Crippen molar-refractivity contribution in [2.75, 3.05) is 0 Å². The number of benzene rings is 1. The highest BCUT2D eigenvalue weighted by atomic mass is 31.1. The molecule has 1 aromatic carbocycles. The molecular formula is C8H12O8P2+2. The van der Waals surface area contributed by atoms with E-state index in [0.717, 1.165) is 0 Å². The molecule has 4 N–H and O–H groups in total. The third kappa shape index (κ3) is 24.1. The van der Waals surface area contributed by atoms with Gasteiger partial charge in [-0.2, -0.15) is 0 Å². The summed E-state index contributed by atoms with van der Waals surface area (Å²) >= 11 is 0. The van der Waals surface area contributed by atoms with Crippen LogP contribution in [0.4, 0.5) is 0 Å². The van der Waals surface area contributed by atoms with Crippen molar-refractivity contribution < 1.29 is 38.2 Å². The number of para-hydroxylation sites is 1. The summed E-state index contributed by atoms with van der Waals surface area (Å²) < 4.78 is 22.2. The number of carbonyl (C=O) groups is 1. The highest BCUT2D eigenvalue weighted by Crippen LogP contribution is 2.07. The average molecular weight is 298 g/mol. The second-order valence-electron chi connectivity index (χ2n) is 2.41. The highest BCUT2D eigenvalue weighted by Gasteiger charge is 1.93. The fraction of sp³-hybridized carbons (Fsp3) is 0.125. The number of hydrogen-bond acceptors (Lipinski definition) is 4. The van der Waals surface area contributed by atoms with E-state index in [4.69, 9.17) is 33.4 Å². The van der Waals surface area contributed by atoms with Crippen LogP contribution in [0.2, 0.25) is 0 Å². The van der Waals surface area contributed by atoms with Crippen molar-refractivity contribution in [1.29, 1.82) is 0 Å². The zero-order chi connectivity index (χ0) is 14.6. The first kappa shape index (κ1) is 19.1. The lowest BCUT2D eigenvalue weighted by atomic mass is 10.3. The van der Waals surface area contributed by atoms with Crippen LogP contribution in [0, 0.1) is 0 Å². The summed E-state index contributed by atoms with van der Waals surface area (Å²) in [6, 6.07) is 8.98. The van der Waals surface area contributed by atoms with Gasteiger partial charge in [0.25, 0.3) is 0 Å². The Morgan fingerprint density at radius 3 is 1.61 bits per heavy atom. The largest absolute Gasteiger partial charge is 0.692 e. The van der Waals surface area contributed by atoms with Crippen LogP contribution in [0.1, 0.15) is 6.92 Å². The quantitative estimate of drug-likeness (QED) is 0.340. The van der Waals surface area contributed by atoms with Crippen molar-refractivity contribution in [2.24, 2.45) is 0 Å². The Bertz CT molecular complexity index is 360. The van der Waals surface area contributed by atoms with Crippen LogP contribution in [0.3, 0.4) is 0 Å². The smallest absolute Gasteiger partial charge is 0.427 e. The van der Waals surface area contributed by atoms with Gasteiger partial charge in [0.05, 0.1) is 0 Å². The van der Waals surface area contributed by atoms with Gasteiger partial charge in [-0.1, -0.05) is 18.2 Å². The molecule has 0 spiro atoms. The van der Waals surface area contributed by atoms with Crippen LogP contribution in [0.15, 0.2) is 30.3 Å². The number of esters is 1. The van der Waals surface area contributed by atoms with Crippen molar-refractivity contribution >= 4 is 22.5 Å². The molecule has 0 radical (unpaired) electrons. The van der Waals surface area contributed by atoms with Crippen molar-refractivity contribution in [1.82, 2.24) is 0 Å². The normalized spacial score (nSPS) is 7.83. The first-order valence-electron chi connectivity index (χ1n) is 4.19. The molecule has 0 aliphatic rings. The predicted molar refractivity (Wildman–Crippen MR) is 61.8 cm³/mol. The first-order valence-corrected chi connectivity index (χ1v) is 6.52. The molecule has 0 atom stereocenters. The molecular weight excluding hydrogens is 286 g/mol. The number of carbonyl (C=O) groups excluding carboxylic acids is 1. The maximum Gasteiger partial charge on any atom is 0.692 e. The van der Waals surface area contributed by atoms with Crippen molar-refractivity contribution in [3.63, 3.8) is 0 Å². The summed E-state index contributed by atoms with van der Waals surface area (Å²) in [5.74, 6) is 0.307. The molecule has 18 heavy (non-hydrogen) atoms. The molecule has 0 aliphatic carbocycles. The van der Waals surface area contributed by atoms with Gasteiger partial charge in [-0.15, -0.1) is 19.6 Å². The van der Waals surface area contributed by atoms with Gasteiger partial charge < -0.3 is 4.74 Å². The lowest BCUT2D eigenvalue weighted by molar-refractivity contribution is -0.131. The van der Waals surface area contributed by atoms with Crippen molar-refractivity contribution in [2.45, 2.75) is 6.92 Å². The fourth-order valence-corrected chi connectivity index (χ4v) is 0.655. The lowest BCUT2D eigenvalue weighted by Crippen LogP contribution is -2.00. The Morgan fingerprint density at radius 1 is 1.00 bits per heavy atom. The Balaban J connectivity index is 0. The van der Waals surface area contributed by atoms with E-state index in [1.165, 1.54) is 6.92 Å². The van der Waals surface area contributed by atoms with Gasteiger partial charge in [0.1, 0.15) is 5.75 Å². The molecule has 0 aromatic heterocycles. The van der Waals surface area contributed by atoms with E-state index >= 15 is 0 Å². The molecule has 0 bridgehead atoms. The molecule has 0 amide bonds. The summed E-state index contributed by atoms with van der Waals surface area (Å²) in [4.78, 5) is 38.9. The molecule has 10 heteroatoms. The third-order valence-electron chi connectivity index (χ3n) is 1.00. The molecule has 0 fully saturated rings. The zero-order valence-electron chi connectivity index (χ0n) is 9.20. The van der Waals surface area contributed by atoms with Crippen molar-refractivity contribution in [3.05, 3.63) is 30.3 Å². The molecule has 0 aliphatic heterocycles. The van der Waals surface area contributed by atoms with Crippen molar-refractivity contribution in [3.8, 4) is 5.75 Å². The third-order valence-corrected chi connectivity index (χ3v) is 1.00. The van der Waals surface area contributed by atoms with E-state index in [1.807, 2.05) is 18.2 Å². The van der Waals surface area contributed by atoms with Crippen LogP contribution < -0.4 is 4.74 Å². The van der Waals surface area contributed by atoms with Gasteiger partial charge in [-0.05, 0) is 12.1 Å². The van der Waals surface area contributed by atoms with Gasteiger partial charge in [0.2, 0.25) is 0 Å². The van der Waals surface area contributed by atoms with Gasteiger partial charge in [0.15, 0.2) is 0 Å². The van der Waals surface area contributed by atoms with E-state index in [9.17, 15) is 4.79 Å². The molecule has 1 aromatic rings. The molecule has 1 rings (SSSR count). The average Bonchev–Trinajstić information content (AvgIpc) is 2.16. The molecule has 0 unspecified atom stereocenters. The van der Waals surface area contributed by atoms with Gasteiger partial charge >= 0.3 is 22.5 Å². The Morgan fingerprint density at radius 2 is 1.33 bits per heavy atom. The number of ether oxygens (including phenoxy) is 1. The zero-order valence-corrected chi connectivity index (χ0v) is 11.0. The minimum absolute atomic E-state index is 0.286. The second kappa shape index (κ2) is 12.2. The maximum atomic E-state index is 10.4. The molecule has 100 valence electrons. The van der Waals surface area contributed by atoms with E-state index in [2.05, 4.69) is 0 Å². The standard InChI is InChI=1S/C8H8O2.2HO3P/c1-7(9)10-8-5-3-2-4-6-8;2*1-4(2)3/h2-6H,1H3;2*(H-,1,2,3)/p+2. The van der Waals surface area contributed by atoms with Crippen LogP contribution in [-0.2, 0) is 13.9 Å². The minimum atomic E-state index is -2.87. The Hall–Kier alpha value is -1.27. The SMILES string of the molecule is CC(=O)Oc1ccccc1.O=[P+](O)O.O=[P+](O)O. The van der Waals surface area contributed by atoms with E-state index in [1.54, 1.807) is 12.1 Å². The highest BCUT2D eigenvalue weighted by molar-refractivity contribution is 7.31. The number of rotatable bonds is 1. The molecule has 0 saturated carbocycles. The Labute approximate surface area is 104 Å². The first-order chi connectivity index (χ1) is 8.25. The van der Waals surface area contributed by atoms with Crippen LogP contribution >= 0.6 is 16.5 Å². The predicted octanol–water partition coefficient (Wildman–Crippen LogP) is 0.869. The van der Waals surface area contributed by atoms with E-state index in [0.29, 0.717) is 5.75 Å². The van der Waals surface area contributed by atoms with E-state index in [-0.39, 0.29) is 5.97 Å². The maximum absolute atomic E-state index is 10.4. The van der Waals surface area contributed by atoms with Crippen LogP contribution in [0.5, 0.6) is 5.75 Å². The summed E-state index contributed by atoms with van der Waals surface area (Å²) in [5.41, 5.74) is 0. The topological polar surface area (TPSA) is 141 Å². The Kier molecular flexibility index (Phi) is 12.9. The molecule has 0 saturated heterocycles.